The second kappa shape index (κ2) is 64.2. The fraction of sp³-hybridized carbons (Fsp3) is 0.870. The van der Waals surface area contributed by atoms with Crippen LogP contribution in [-0.4, -0.2) is 37.2 Å². The lowest BCUT2D eigenvalue weighted by molar-refractivity contribution is -0.167. The molecule has 6 nitrogen and oxygen atoms in total. The van der Waals surface area contributed by atoms with E-state index in [2.05, 4.69) is 57.2 Å². The van der Waals surface area contributed by atoms with Gasteiger partial charge in [0.1, 0.15) is 13.2 Å². The summed E-state index contributed by atoms with van der Waals surface area (Å²) in [4.78, 5) is 38.3. The molecule has 0 aliphatic heterocycles. The van der Waals surface area contributed by atoms with Crippen LogP contribution < -0.4 is 0 Å². The van der Waals surface area contributed by atoms with Gasteiger partial charge >= 0.3 is 17.9 Å². The van der Waals surface area contributed by atoms with E-state index in [-0.39, 0.29) is 31.1 Å². The zero-order chi connectivity index (χ0) is 54.3. The third-order valence-corrected chi connectivity index (χ3v) is 15.2. The summed E-state index contributed by atoms with van der Waals surface area (Å²) in [7, 11) is 0. The highest BCUT2D eigenvalue weighted by Gasteiger charge is 2.19. The number of rotatable bonds is 62. The molecule has 0 aromatic heterocycles. The lowest BCUT2D eigenvalue weighted by Gasteiger charge is -2.18. The lowest BCUT2D eigenvalue weighted by atomic mass is 10.0. The van der Waals surface area contributed by atoms with Crippen molar-refractivity contribution in [1.29, 1.82) is 0 Å². The molecule has 440 valence electrons. The highest BCUT2D eigenvalue weighted by Crippen LogP contribution is 2.18. The molecule has 0 aliphatic carbocycles. The van der Waals surface area contributed by atoms with Crippen LogP contribution >= 0.6 is 0 Å². The number of carbonyl (C=O) groups is 3. The molecular formula is C69H128O6. The number of esters is 3. The molecule has 75 heavy (non-hydrogen) atoms. The molecule has 0 radical (unpaired) electrons. The standard InChI is InChI=1S/C69H128O6/c1-4-7-10-13-16-19-22-25-28-29-30-31-32-33-34-35-36-37-38-39-40-42-44-47-50-53-56-59-62-68(71)74-65-66(64-73-67(70)61-58-55-52-49-46-43-27-24-21-18-15-12-9-6-3)75-69(72)63-60-57-54-51-48-45-41-26-23-20-17-14-11-8-5-2/h8,11,17,20,26,41,66H,4-7,9-10,12-16,18-19,21-25,27-40,42-65H2,1-3H3/b11-8-,20-17-,41-26-. The van der Waals surface area contributed by atoms with Gasteiger partial charge in [0, 0.05) is 19.3 Å². The molecule has 0 amide bonds. The predicted octanol–water partition coefficient (Wildman–Crippen LogP) is 22.8. The van der Waals surface area contributed by atoms with Crippen LogP contribution in [0.5, 0.6) is 0 Å². The minimum Gasteiger partial charge on any atom is -0.462 e. The normalized spacial score (nSPS) is 12.2. The van der Waals surface area contributed by atoms with Gasteiger partial charge in [0.05, 0.1) is 0 Å². The molecule has 0 aromatic rings. The first-order valence-electron chi connectivity index (χ1n) is 33.5. The van der Waals surface area contributed by atoms with E-state index in [4.69, 9.17) is 14.2 Å². The summed E-state index contributed by atoms with van der Waals surface area (Å²) in [5, 5.41) is 0. The SMILES string of the molecule is CC/C=C\C/C=C\C/C=C\CCCCCCCC(=O)OC(COC(=O)CCCCCCCCCCCCCCCC)COC(=O)CCCCCCCCCCCCCCCCCCCCCCCCCCCCCC. The van der Waals surface area contributed by atoms with Crippen molar-refractivity contribution in [1.82, 2.24) is 0 Å². The number of ether oxygens (including phenoxy) is 3. The quantitative estimate of drug-likeness (QED) is 0.0261. The van der Waals surface area contributed by atoms with Gasteiger partial charge in [-0.2, -0.15) is 0 Å². The van der Waals surface area contributed by atoms with Gasteiger partial charge in [0.2, 0.25) is 0 Å². The van der Waals surface area contributed by atoms with E-state index in [0.717, 1.165) is 96.3 Å². The van der Waals surface area contributed by atoms with Crippen molar-refractivity contribution >= 4 is 17.9 Å². The summed E-state index contributed by atoms with van der Waals surface area (Å²) in [6.45, 7) is 6.58. The van der Waals surface area contributed by atoms with E-state index in [1.807, 2.05) is 0 Å². The molecule has 0 N–H and O–H groups in total. The molecule has 6 heteroatoms. The van der Waals surface area contributed by atoms with Crippen molar-refractivity contribution in [3.8, 4) is 0 Å². The smallest absolute Gasteiger partial charge is 0.306 e. The summed E-state index contributed by atoms with van der Waals surface area (Å²) >= 11 is 0. The molecule has 0 fully saturated rings. The molecule has 0 spiro atoms. The van der Waals surface area contributed by atoms with Crippen LogP contribution in [0.3, 0.4) is 0 Å². The molecular weight excluding hydrogens is 925 g/mol. The van der Waals surface area contributed by atoms with Crippen LogP contribution in [0.4, 0.5) is 0 Å². The first-order valence-corrected chi connectivity index (χ1v) is 33.5. The Morgan fingerprint density at radius 2 is 0.520 bits per heavy atom. The number of unbranched alkanes of at least 4 members (excludes halogenated alkanes) is 45. The molecule has 1 unspecified atom stereocenters. The van der Waals surface area contributed by atoms with Crippen LogP contribution in [0.2, 0.25) is 0 Å². The van der Waals surface area contributed by atoms with Gasteiger partial charge < -0.3 is 14.2 Å². The molecule has 1 atom stereocenters. The summed E-state index contributed by atoms with van der Waals surface area (Å²) in [5.74, 6) is -0.866. The Hall–Kier alpha value is -2.37. The average molecular weight is 1050 g/mol. The molecule has 0 bridgehead atoms. The molecule has 0 rings (SSSR count). The molecule has 0 saturated carbocycles. The van der Waals surface area contributed by atoms with E-state index in [1.54, 1.807) is 0 Å². The molecule has 0 aromatic carbocycles. The second-order valence-electron chi connectivity index (χ2n) is 22.7. The maximum atomic E-state index is 12.9. The minimum absolute atomic E-state index is 0.0739. The first-order chi connectivity index (χ1) is 37.0. The Kier molecular flexibility index (Phi) is 62.1. The van der Waals surface area contributed by atoms with Gasteiger partial charge in [-0.25, -0.2) is 0 Å². The van der Waals surface area contributed by atoms with E-state index >= 15 is 0 Å². The zero-order valence-corrected chi connectivity index (χ0v) is 50.6. The Bertz CT molecular complexity index is 1250. The van der Waals surface area contributed by atoms with Crippen molar-refractivity contribution in [2.24, 2.45) is 0 Å². The Morgan fingerprint density at radius 3 is 0.813 bits per heavy atom. The molecule has 0 aliphatic rings. The predicted molar refractivity (Wildman–Crippen MR) is 326 cm³/mol. The Balaban J connectivity index is 4.17. The van der Waals surface area contributed by atoms with Crippen LogP contribution in [0.1, 0.15) is 367 Å². The molecule has 0 saturated heterocycles. The van der Waals surface area contributed by atoms with Crippen LogP contribution in [0.25, 0.3) is 0 Å². The van der Waals surface area contributed by atoms with Crippen molar-refractivity contribution in [2.75, 3.05) is 13.2 Å². The van der Waals surface area contributed by atoms with Crippen LogP contribution in [0, 0.1) is 0 Å². The second-order valence-corrected chi connectivity index (χ2v) is 22.7. The van der Waals surface area contributed by atoms with Gasteiger partial charge in [0.25, 0.3) is 0 Å². The average Bonchev–Trinajstić information content (AvgIpc) is 3.41. The minimum atomic E-state index is -0.778. The van der Waals surface area contributed by atoms with E-state index in [1.165, 1.54) is 231 Å². The highest BCUT2D eigenvalue weighted by atomic mass is 16.6. The summed E-state index contributed by atoms with van der Waals surface area (Å²) in [6, 6.07) is 0. The third-order valence-electron chi connectivity index (χ3n) is 15.2. The monoisotopic (exact) mass is 1050 g/mol. The fourth-order valence-electron chi connectivity index (χ4n) is 10.2. The van der Waals surface area contributed by atoms with Gasteiger partial charge in [-0.05, 0) is 51.4 Å². The van der Waals surface area contributed by atoms with Crippen molar-refractivity contribution in [3.63, 3.8) is 0 Å². The van der Waals surface area contributed by atoms with Gasteiger partial charge in [-0.1, -0.05) is 333 Å². The Labute approximate surface area is 467 Å². The Morgan fingerprint density at radius 1 is 0.280 bits per heavy atom. The first kappa shape index (κ1) is 72.6. The lowest BCUT2D eigenvalue weighted by Crippen LogP contribution is -2.30. The number of hydrogen-bond acceptors (Lipinski definition) is 6. The van der Waals surface area contributed by atoms with Crippen LogP contribution in [0.15, 0.2) is 36.5 Å². The zero-order valence-electron chi connectivity index (χ0n) is 50.6. The highest BCUT2D eigenvalue weighted by molar-refractivity contribution is 5.71. The van der Waals surface area contributed by atoms with Crippen molar-refractivity contribution in [3.05, 3.63) is 36.5 Å². The van der Waals surface area contributed by atoms with E-state index in [9.17, 15) is 14.4 Å². The summed E-state index contributed by atoms with van der Waals surface area (Å²) in [6.07, 6.45) is 78.9. The van der Waals surface area contributed by atoms with Crippen molar-refractivity contribution < 1.29 is 28.6 Å². The largest absolute Gasteiger partial charge is 0.462 e. The maximum absolute atomic E-state index is 12.9. The van der Waals surface area contributed by atoms with Gasteiger partial charge in [-0.15, -0.1) is 0 Å². The van der Waals surface area contributed by atoms with E-state index in [0.29, 0.717) is 19.3 Å². The number of allylic oxidation sites excluding steroid dienone is 6. The summed E-state index contributed by atoms with van der Waals surface area (Å²) < 4.78 is 16.9. The fourth-order valence-corrected chi connectivity index (χ4v) is 10.2. The van der Waals surface area contributed by atoms with Crippen molar-refractivity contribution in [2.45, 2.75) is 374 Å². The van der Waals surface area contributed by atoms with Gasteiger partial charge in [-0.3, -0.25) is 14.4 Å². The number of hydrogen-bond donors (Lipinski definition) is 0. The topological polar surface area (TPSA) is 78.9 Å². The van der Waals surface area contributed by atoms with Crippen LogP contribution in [-0.2, 0) is 28.6 Å². The third kappa shape index (κ3) is 62.4. The summed E-state index contributed by atoms with van der Waals surface area (Å²) in [5.41, 5.74) is 0. The number of carbonyl (C=O) groups excluding carboxylic acids is 3. The maximum Gasteiger partial charge on any atom is 0.306 e. The van der Waals surface area contributed by atoms with E-state index < -0.39 is 6.10 Å². The van der Waals surface area contributed by atoms with Gasteiger partial charge in [0.15, 0.2) is 6.10 Å². The molecule has 0 heterocycles.